The van der Waals surface area contributed by atoms with Crippen LogP contribution in [0.2, 0.25) is 0 Å². The second-order valence-corrected chi connectivity index (χ2v) is 8.99. The summed E-state index contributed by atoms with van der Waals surface area (Å²) in [7, 11) is -3.54. The van der Waals surface area contributed by atoms with Gasteiger partial charge >= 0.3 is 136 Å². The molecule has 0 amide bonds. The number of aromatic amines is 1. The summed E-state index contributed by atoms with van der Waals surface area (Å²) in [6, 6.07) is 16.7. The van der Waals surface area contributed by atoms with Gasteiger partial charge in [-0.15, -0.1) is 0 Å². The maximum absolute atomic E-state index is 12.8. The molecule has 22 heavy (non-hydrogen) atoms. The van der Waals surface area contributed by atoms with Gasteiger partial charge in [0.05, 0.1) is 0 Å². The van der Waals surface area contributed by atoms with E-state index in [0.29, 0.717) is 9.49 Å². The summed E-state index contributed by atoms with van der Waals surface area (Å²) in [5.41, 5.74) is 1.03. The normalized spacial score (nSPS) is 11.5. The number of hydrogen-bond donors (Lipinski definition) is 1. The number of nitrogens with zero attached hydrogens (tertiary/aromatic N) is 1. The Morgan fingerprint density at radius 3 is 2.36 bits per heavy atom. The average Bonchev–Trinajstić information content (AvgIpc) is 2.98. The fraction of sp³-hybridized carbons (Fsp3) is 0.0625. The van der Waals surface area contributed by atoms with Crippen LogP contribution in [0.1, 0.15) is 5.56 Å². The van der Waals surface area contributed by atoms with E-state index in [0.717, 1.165) is 10.0 Å². The van der Waals surface area contributed by atoms with E-state index in [1.807, 2.05) is 37.3 Å². The van der Waals surface area contributed by atoms with Crippen molar-refractivity contribution in [1.82, 2.24) is 10.2 Å². The first-order chi connectivity index (χ1) is 10.6. The van der Waals surface area contributed by atoms with E-state index in [-0.39, 0.29) is 19.9 Å². The van der Waals surface area contributed by atoms with Crippen molar-refractivity contribution in [3.63, 3.8) is 0 Å². The molecule has 0 bridgehead atoms. The van der Waals surface area contributed by atoms with Crippen molar-refractivity contribution in [2.24, 2.45) is 0 Å². The monoisotopic (exact) mass is 378 g/mol. The van der Waals surface area contributed by atoms with Crippen LogP contribution >= 0.6 is 0 Å². The van der Waals surface area contributed by atoms with Gasteiger partial charge in [0.25, 0.3) is 0 Å². The second-order valence-electron chi connectivity index (χ2n) is 4.79. The van der Waals surface area contributed by atoms with E-state index >= 15 is 0 Å². The molecule has 0 atom stereocenters. The number of rotatable bonds is 4. The molecule has 1 aromatic heterocycles. The summed E-state index contributed by atoms with van der Waals surface area (Å²) in [6.45, 7) is 1.93. The summed E-state index contributed by atoms with van der Waals surface area (Å²) in [4.78, 5) is 0.560. The molecule has 6 heteroatoms. The number of nitrogens with one attached hydrogen (secondary N) is 1. The SMILES string of the molecule is Cc1ccc(S(=O)(=O)c2cn[nH]c2[Se]c2ccccc2)cc1. The molecule has 0 aliphatic rings. The molecule has 3 aromatic rings. The Kier molecular flexibility index (Phi) is 4.16. The zero-order chi connectivity index (χ0) is 15.6. The molecular weight excluding hydrogens is 363 g/mol. The molecule has 2 aromatic carbocycles. The van der Waals surface area contributed by atoms with Crippen LogP contribution in [0.15, 0.2) is 70.6 Å². The van der Waals surface area contributed by atoms with Crippen LogP contribution in [0.4, 0.5) is 0 Å². The number of aromatic nitrogens is 2. The van der Waals surface area contributed by atoms with Crippen LogP contribution in [0.3, 0.4) is 0 Å². The average molecular weight is 377 g/mol. The first kappa shape index (κ1) is 15.0. The third-order valence-corrected chi connectivity index (χ3v) is 7.38. The van der Waals surface area contributed by atoms with E-state index in [9.17, 15) is 8.42 Å². The Bertz CT molecular complexity index is 872. The molecule has 112 valence electrons. The molecule has 0 spiro atoms. The quantitative estimate of drug-likeness (QED) is 0.696. The zero-order valence-corrected chi connectivity index (χ0v) is 14.4. The van der Waals surface area contributed by atoms with Gasteiger partial charge in [-0.25, -0.2) is 0 Å². The van der Waals surface area contributed by atoms with Crippen molar-refractivity contribution in [2.45, 2.75) is 16.7 Å². The first-order valence-electron chi connectivity index (χ1n) is 6.65. The molecule has 0 unspecified atom stereocenters. The van der Waals surface area contributed by atoms with Gasteiger partial charge in [0, 0.05) is 0 Å². The molecule has 0 saturated heterocycles. The van der Waals surface area contributed by atoms with Crippen molar-refractivity contribution < 1.29 is 8.42 Å². The van der Waals surface area contributed by atoms with Crippen LogP contribution in [0.5, 0.6) is 0 Å². The molecule has 3 rings (SSSR count). The number of hydrogen-bond acceptors (Lipinski definition) is 3. The fourth-order valence-corrected chi connectivity index (χ4v) is 5.75. The van der Waals surface area contributed by atoms with Gasteiger partial charge < -0.3 is 0 Å². The van der Waals surface area contributed by atoms with E-state index in [1.165, 1.54) is 6.20 Å². The molecule has 1 N–H and O–H groups in total. The molecular formula is C16H14N2O2SSe. The topological polar surface area (TPSA) is 62.8 Å². The predicted octanol–water partition coefficient (Wildman–Crippen LogP) is 1.21. The van der Waals surface area contributed by atoms with Crippen molar-refractivity contribution in [3.05, 3.63) is 66.4 Å². The van der Waals surface area contributed by atoms with Gasteiger partial charge in [0.15, 0.2) is 0 Å². The molecule has 0 radical (unpaired) electrons. The molecule has 1 heterocycles. The van der Waals surface area contributed by atoms with Gasteiger partial charge in [-0.2, -0.15) is 0 Å². The summed E-state index contributed by atoms with van der Waals surface area (Å²) in [5.74, 6) is 0. The molecule has 0 saturated carbocycles. The van der Waals surface area contributed by atoms with Crippen LogP contribution in [0.25, 0.3) is 0 Å². The molecule has 4 nitrogen and oxygen atoms in total. The molecule has 0 aliphatic heterocycles. The van der Waals surface area contributed by atoms with Crippen molar-refractivity contribution in [2.75, 3.05) is 0 Å². The summed E-state index contributed by atoms with van der Waals surface area (Å²) < 4.78 is 27.3. The number of H-pyrrole nitrogens is 1. The van der Waals surface area contributed by atoms with Crippen molar-refractivity contribution in [3.8, 4) is 0 Å². The standard InChI is InChI=1S/C16H14N2O2SSe/c1-12-7-9-13(10-8-12)21(19,20)15-11-17-18-16(15)22-14-5-3-2-4-6-14/h2-11H,1H3,(H,17,18). The Morgan fingerprint density at radius 2 is 1.68 bits per heavy atom. The van der Waals surface area contributed by atoms with E-state index in [1.54, 1.807) is 24.3 Å². The predicted molar refractivity (Wildman–Crippen MR) is 86.7 cm³/mol. The Hall–Kier alpha value is -1.88. The summed E-state index contributed by atoms with van der Waals surface area (Å²) in [6.07, 6.45) is 1.40. The number of benzene rings is 2. The number of aryl methyl sites for hydroxylation is 1. The van der Waals surface area contributed by atoms with Gasteiger partial charge in [0.2, 0.25) is 0 Å². The minimum atomic E-state index is -3.54. The summed E-state index contributed by atoms with van der Waals surface area (Å²) >= 11 is -0.134. The Balaban J connectivity index is 1.99. The van der Waals surface area contributed by atoms with E-state index in [4.69, 9.17) is 0 Å². The Morgan fingerprint density at radius 1 is 1.00 bits per heavy atom. The third kappa shape index (κ3) is 2.99. The zero-order valence-electron chi connectivity index (χ0n) is 11.9. The van der Waals surface area contributed by atoms with Gasteiger partial charge in [-0.3, -0.25) is 0 Å². The maximum atomic E-state index is 12.8. The molecule has 0 fully saturated rings. The van der Waals surface area contributed by atoms with Crippen molar-refractivity contribution >= 4 is 33.8 Å². The van der Waals surface area contributed by atoms with Crippen LogP contribution in [-0.2, 0) is 9.84 Å². The van der Waals surface area contributed by atoms with Crippen LogP contribution < -0.4 is 9.05 Å². The second kappa shape index (κ2) is 6.08. The van der Waals surface area contributed by atoms with Crippen LogP contribution in [-0.4, -0.2) is 33.6 Å². The fourth-order valence-electron chi connectivity index (χ4n) is 1.98. The van der Waals surface area contributed by atoms with Gasteiger partial charge in [-0.05, 0) is 0 Å². The third-order valence-electron chi connectivity index (χ3n) is 3.16. The number of sulfone groups is 1. The van der Waals surface area contributed by atoms with E-state index in [2.05, 4.69) is 10.2 Å². The van der Waals surface area contributed by atoms with Gasteiger partial charge in [0.1, 0.15) is 0 Å². The van der Waals surface area contributed by atoms with E-state index < -0.39 is 9.84 Å². The first-order valence-corrected chi connectivity index (χ1v) is 9.85. The summed E-state index contributed by atoms with van der Waals surface area (Å²) in [5, 5.41) is 6.78. The minimum absolute atomic E-state index is 0.134. The van der Waals surface area contributed by atoms with Crippen LogP contribution in [0, 0.1) is 6.92 Å². The Labute approximate surface area is 135 Å². The molecule has 0 aliphatic carbocycles. The van der Waals surface area contributed by atoms with Crippen molar-refractivity contribution in [1.29, 1.82) is 0 Å². The van der Waals surface area contributed by atoms with Gasteiger partial charge in [-0.1, -0.05) is 0 Å².